The molecule has 9 heteroatoms. The van der Waals surface area contributed by atoms with Gasteiger partial charge >= 0.3 is 6.61 Å². The average molecular weight is 431 g/mol. The molecule has 3 aliphatic rings. The van der Waals surface area contributed by atoms with Crippen molar-refractivity contribution < 1.29 is 27.8 Å². The molecule has 31 heavy (non-hydrogen) atoms. The number of halogens is 2. The van der Waals surface area contributed by atoms with Crippen molar-refractivity contribution in [3.05, 3.63) is 47.2 Å². The smallest absolute Gasteiger partial charge is 0.387 e. The Morgan fingerprint density at radius 3 is 2.58 bits per heavy atom. The fourth-order valence-electron chi connectivity index (χ4n) is 3.85. The zero-order chi connectivity index (χ0) is 22.3. The molecule has 1 aromatic rings. The fourth-order valence-corrected chi connectivity index (χ4v) is 3.85. The summed E-state index contributed by atoms with van der Waals surface area (Å²) < 4.78 is 36.5. The second-order valence-corrected chi connectivity index (χ2v) is 7.77. The van der Waals surface area contributed by atoms with Gasteiger partial charge in [-0.3, -0.25) is 14.6 Å². The van der Waals surface area contributed by atoms with Crippen molar-refractivity contribution in [1.29, 1.82) is 0 Å². The third-order valence-corrected chi connectivity index (χ3v) is 5.47. The van der Waals surface area contributed by atoms with E-state index in [4.69, 9.17) is 9.47 Å². The lowest BCUT2D eigenvalue weighted by Crippen LogP contribution is -2.30. The van der Waals surface area contributed by atoms with Crippen molar-refractivity contribution in [1.82, 2.24) is 10.2 Å². The molecule has 1 saturated carbocycles. The van der Waals surface area contributed by atoms with E-state index in [1.54, 1.807) is 24.4 Å². The normalized spacial score (nSPS) is 22.1. The summed E-state index contributed by atoms with van der Waals surface area (Å²) in [4.78, 5) is 30.9. The van der Waals surface area contributed by atoms with Crippen molar-refractivity contribution in [2.45, 2.75) is 51.4 Å². The van der Waals surface area contributed by atoms with Crippen LogP contribution >= 0.6 is 0 Å². The van der Waals surface area contributed by atoms with E-state index in [2.05, 4.69) is 10.3 Å². The van der Waals surface area contributed by atoms with Gasteiger partial charge in [-0.05, 0) is 56.5 Å². The summed E-state index contributed by atoms with van der Waals surface area (Å²) in [5, 5.41) is 2.79. The van der Waals surface area contributed by atoms with Crippen LogP contribution in [0.5, 0.6) is 11.5 Å². The van der Waals surface area contributed by atoms with Crippen LogP contribution in [0.25, 0.3) is 0 Å². The summed E-state index contributed by atoms with van der Waals surface area (Å²) in [5.74, 6) is -0.0760. The Kier molecular flexibility index (Phi) is 5.51. The Balaban J connectivity index is 1.73. The molecule has 1 amide bonds. The SMILES string of the molecule is COc1cc(C2C(C)N=C3C=C(C(C)=O)C=CN32)cc(OC(F)F)c1C(=O)NC1CC1. The number of amidine groups is 1. The van der Waals surface area contributed by atoms with E-state index < -0.39 is 12.5 Å². The molecule has 164 valence electrons. The van der Waals surface area contributed by atoms with Gasteiger partial charge in [-0.25, -0.2) is 0 Å². The Bertz CT molecular complexity index is 1010. The van der Waals surface area contributed by atoms with E-state index in [0.29, 0.717) is 17.0 Å². The molecular weight excluding hydrogens is 408 g/mol. The molecule has 2 aliphatic heterocycles. The van der Waals surface area contributed by atoms with E-state index in [-0.39, 0.29) is 41.0 Å². The molecular formula is C22H23F2N3O4. The Morgan fingerprint density at radius 1 is 1.26 bits per heavy atom. The van der Waals surface area contributed by atoms with Crippen molar-refractivity contribution in [3.8, 4) is 11.5 Å². The van der Waals surface area contributed by atoms with Gasteiger partial charge in [-0.1, -0.05) is 0 Å². The van der Waals surface area contributed by atoms with Crippen molar-refractivity contribution in [2.24, 2.45) is 4.99 Å². The van der Waals surface area contributed by atoms with Crippen LogP contribution in [0.15, 0.2) is 41.1 Å². The largest absolute Gasteiger partial charge is 0.496 e. The maximum absolute atomic E-state index is 13.2. The second kappa shape index (κ2) is 8.13. The first kappa shape index (κ1) is 21.0. The Labute approximate surface area is 178 Å². The predicted molar refractivity (Wildman–Crippen MR) is 109 cm³/mol. The quantitative estimate of drug-likeness (QED) is 0.716. The van der Waals surface area contributed by atoms with E-state index in [9.17, 15) is 18.4 Å². The summed E-state index contributed by atoms with van der Waals surface area (Å²) >= 11 is 0. The lowest BCUT2D eigenvalue weighted by Gasteiger charge is -2.29. The zero-order valence-electron chi connectivity index (χ0n) is 17.4. The molecule has 0 spiro atoms. The summed E-state index contributed by atoms with van der Waals surface area (Å²) in [7, 11) is 1.38. The number of nitrogens with one attached hydrogen (secondary N) is 1. The summed E-state index contributed by atoms with van der Waals surface area (Å²) in [5.41, 5.74) is 1.08. The third-order valence-electron chi connectivity index (χ3n) is 5.47. The van der Waals surface area contributed by atoms with Gasteiger partial charge in [0.05, 0.1) is 19.2 Å². The maximum Gasteiger partial charge on any atom is 0.387 e. The molecule has 0 saturated heterocycles. The number of rotatable bonds is 7. The van der Waals surface area contributed by atoms with Crippen LogP contribution in [0.4, 0.5) is 8.78 Å². The Hall–Kier alpha value is -3.23. The number of methoxy groups -OCH3 is 1. The van der Waals surface area contributed by atoms with Gasteiger partial charge in [-0.15, -0.1) is 0 Å². The van der Waals surface area contributed by atoms with Crippen molar-refractivity contribution >= 4 is 17.5 Å². The lowest BCUT2D eigenvalue weighted by molar-refractivity contribution is -0.113. The van der Waals surface area contributed by atoms with Crippen molar-refractivity contribution in [3.63, 3.8) is 0 Å². The van der Waals surface area contributed by atoms with Crippen LogP contribution in [-0.4, -0.2) is 48.2 Å². The highest BCUT2D eigenvalue weighted by atomic mass is 19.3. The topological polar surface area (TPSA) is 80.2 Å². The van der Waals surface area contributed by atoms with Crippen LogP contribution in [0, 0.1) is 0 Å². The number of benzene rings is 1. The standard InChI is InChI=1S/C22H23F2N3O4/c1-11-20(27-7-6-13(12(2)28)10-18(27)25-11)14-8-16(30-3)19(17(9-14)31-22(23)24)21(29)26-15-4-5-15/h6-11,15,20,22H,4-5H2,1-3H3,(H,26,29). The number of ether oxygens (including phenoxy) is 2. The molecule has 7 nitrogen and oxygen atoms in total. The number of carbonyl (C=O) groups is 2. The van der Waals surface area contributed by atoms with Gasteiger partial charge in [0.15, 0.2) is 5.78 Å². The minimum atomic E-state index is -3.10. The van der Waals surface area contributed by atoms with Crippen LogP contribution in [0.2, 0.25) is 0 Å². The highest BCUT2D eigenvalue weighted by Gasteiger charge is 2.36. The number of ketones is 1. The van der Waals surface area contributed by atoms with E-state index >= 15 is 0 Å². The molecule has 1 aromatic carbocycles. The highest BCUT2D eigenvalue weighted by Crippen LogP contribution is 2.41. The number of carbonyl (C=O) groups excluding carboxylic acids is 2. The molecule has 1 fully saturated rings. The van der Waals surface area contributed by atoms with Crippen LogP contribution in [-0.2, 0) is 4.79 Å². The number of aliphatic imine (C=N–C) groups is 1. The van der Waals surface area contributed by atoms with Gasteiger partial charge in [0, 0.05) is 17.8 Å². The first-order valence-corrected chi connectivity index (χ1v) is 10.0. The fraction of sp³-hybridized carbons (Fsp3) is 0.409. The van der Waals surface area contributed by atoms with Gasteiger partial charge in [0.2, 0.25) is 0 Å². The monoisotopic (exact) mass is 431 g/mol. The van der Waals surface area contributed by atoms with E-state index in [1.807, 2.05) is 11.8 Å². The zero-order valence-corrected chi connectivity index (χ0v) is 17.4. The molecule has 2 atom stereocenters. The number of fused-ring (bicyclic) bond motifs is 1. The van der Waals surface area contributed by atoms with E-state index in [0.717, 1.165) is 12.8 Å². The van der Waals surface area contributed by atoms with Crippen LogP contribution < -0.4 is 14.8 Å². The number of hydrogen-bond donors (Lipinski definition) is 1. The molecule has 0 aromatic heterocycles. The minimum Gasteiger partial charge on any atom is -0.496 e. The molecule has 4 rings (SSSR count). The van der Waals surface area contributed by atoms with Gasteiger partial charge in [0.25, 0.3) is 5.91 Å². The van der Waals surface area contributed by atoms with Crippen LogP contribution in [0.3, 0.4) is 0 Å². The number of allylic oxidation sites excluding steroid dienone is 2. The number of nitrogens with zero attached hydrogens (tertiary/aromatic N) is 2. The first-order chi connectivity index (χ1) is 14.8. The number of Topliss-reactive ketones (excluding diaryl/α,β-unsaturated/α-hetero) is 1. The average Bonchev–Trinajstić information content (AvgIpc) is 3.45. The van der Waals surface area contributed by atoms with Gasteiger partial charge in [0.1, 0.15) is 22.9 Å². The maximum atomic E-state index is 13.2. The predicted octanol–water partition coefficient (Wildman–Crippen LogP) is 3.38. The minimum absolute atomic E-state index is 0.0443. The molecule has 2 unspecified atom stereocenters. The number of hydrogen-bond acceptors (Lipinski definition) is 6. The van der Waals surface area contributed by atoms with Gasteiger partial charge in [-0.2, -0.15) is 8.78 Å². The number of amides is 1. The molecule has 2 heterocycles. The second-order valence-electron chi connectivity index (χ2n) is 7.77. The Morgan fingerprint density at radius 2 is 1.97 bits per heavy atom. The summed E-state index contributed by atoms with van der Waals surface area (Å²) in [6.45, 7) is 0.266. The van der Waals surface area contributed by atoms with Gasteiger partial charge < -0.3 is 19.7 Å². The summed E-state index contributed by atoms with van der Waals surface area (Å²) in [6.07, 6.45) is 6.85. The number of alkyl halides is 2. The molecule has 0 radical (unpaired) electrons. The highest BCUT2D eigenvalue weighted by molar-refractivity contribution is 6.07. The third kappa shape index (κ3) is 4.17. The molecule has 0 bridgehead atoms. The van der Waals surface area contributed by atoms with Crippen LogP contribution in [0.1, 0.15) is 48.7 Å². The van der Waals surface area contributed by atoms with Crippen molar-refractivity contribution in [2.75, 3.05) is 7.11 Å². The lowest BCUT2D eigenvalue weighted by atomic mass is 9.96. The summed E-state index contributed by atoms with van der Waals surface area (Å²) in [6, 6.07) is 2.55. The first-order valence-electron chi connectivity index (χ1n) is 10.0. The molecule has 1 aliphatic carbocycles. The van der Waals surface area contributed by atoms with E-state index in [1.165, 1.54) is 20.1 Å². The molecule has 1 N–H and O–H groups in total.